The zero-order valence-corrected chi connectivity index (χ0v) is 12.3. The van der Waals surface area contributed by atoms with Crippen LogP contribution in [0.15, 0.2) is 23.4 Å². The van der Waals surface area contributed by atoms with E-state index in [0.29, 0.717) is 18.7 Å². The quantitative estimate of drug-likeness (QED) is 0.857. The van der Waals surface area contributed by atoms with Crippen molar-refractivity contribution in [2.45, 2.75) is 26.4 Å². The van der Waals surface area contributed by atoms with Gasteiger partial charge in [-0.2, -0.15) is 0 Å². The van der Waals surface area contributed by atoms with Gasteiger partial charge in [0.15, 0.2) is 6.10 Å². The SMILES string of the molecule is CC(C)C(=O)N(C)CC1CC(c2ccc(F)cc2F)=NO1. The van der Waals surface area contributed by atoms with Crippen molar-refractivity contribution in [1.82, 2.24) is 4.90 Å². The fourth-order valence-electron chi connectivity index (χ4n) is 2.25. The molecule has 0 spiro atoms. The van der Waals surface area contributed by atoms with Gasteiger partial charge in [0.25, 0.3) is 0 Å². The van der Waals surface area contributed by atoms with Crippen molar-refractivity contribution in [3.8, 4) is 0 Å². The minimum absolute atomic E-state index is 0.0139. The van der Waals surface area contributed by atoms with Crippen LogP contribution in [0, 0.1) is 17.6 Å². The zero-order valence-electron chi connectivity index (χ0n) is 12.3. The summed E-state index contributed by atoms with van der Waals surface area (Å²) in [5.41, 5.74) is 0.666. The number of halogens is 2. The number of hydrogen-bond donors (Lipinski definition) is 0. The molecule has 1 aromatic carbocycles. The molecule has 0 aromatic heterocycles. The maximum atomic E-state index is 13.7. The smallest absolute Gasteiger partial charge is 0.224 e. The summed E-state index contributed by atoms with van der Waals surface area (Å²) >= 11 is 0. The highest BCUT2D eigenvalue weighted by molar-refractivity contribution is 6.01. The Morgan fingerprint density at radius 3 is 2.81 bits per heavy atom. The molecule has 1 aliphatic heterocycles. The van der Waals surface area contributed by atoms with E-state index in [2.05, 4.69) is 5.16 Å². The Morgan fingerprint density at radius 2 is 2.19 bits per heavy atom. The number of nitrogens with zero attached hydrogens (tertiary/aromatic N) is 2. The third kappa shape index (κ3) is 3.56. The lowest BCUT2D eigenvalue weighted by Gasteiger charge is -2.21. The summed E-state index contributed by atoms with van der Waals surface area (Å²) in [6, 6.07) is 3.35. The van der Waals surface area contributed by atoms with Crippen molar-refractivity contribution in [2.24, 2.45) is 11.1 Å². The average molecular weight is 296 g/mol. The number of rotatable bonds is 4. The van der Waals surface area contributed by atoms with E-state index < -0.39 is 11.6 Å². The Hall–Kier alpha value is -1.98. The minimum atomic E-state index is -0.662. The lowest BCUT2D eigenvalue weighted by Crippen LogP contribution is -2.36. The van der Waals surface area contributed by atoms with Gasteiger partial charge in [-0.25, -0.2) is 8.78 Å². The van der Waals surface area contributed by atoms with Crippen molar-refractivity contribution < 1.29 is 18.4 Å². The van der Waals surface area contributed by atoms with Gasteiger partial charge in [0.05, 0.1) is 12.3 Å². The average Bonchev–Trinajstić information content (AvgIpc) is 2.85. The van der Waals surface area contributed by atoms with Crippen LogP contribution in [0.4, 0.5) is 8.78 Å². The summed E-state index contributed by atoms with van der Waals surface area (Å²) < 4.78 is 26.6. The largest absolute Gasteiger partial charge is 0.390 e. The monoisotopic (exact) mass is 296 g/mol. The molecule has 1 atom stereocenters. The van der Waals surface area contributed by atoms with Crippen LogP contribution in [0.1, 0.15) is 25.8 Å². The topological polar surface area (TPSA) is 41.9 Å². The Balaban J connectivity index is 1.98. The van der Waals surface area contributed by atoms with Crippen LogP contribution in [0.3, 0.4) is 0 Å². The van der Waals surface area contributed by atoms with Crippen LogP contribution in [0.25, 0.3) is 0 Å². The predicted molar refractivity (Wildman–Crippen MR) is 74.9 cm³/mol. The summed E-state index contributed by atoms with van der Waals surface area (Å²) in [7, 11) is 1.70. The van der Waals surface area contributed by atoms with Gasteiger partial charge in [-0.3, -0.25) is 4.79 Å². The normalized spacial score (nSPS) is 17.6. The standard InChI is InChI=1S/C15H18F2N2O2/c1-9(2)15(20)19(3)8-11-7-14(18-21-11)12-5-4-10(16)6-13(12)17/h4-6,9,11H,7-8H2,1-3H3. The summed E-state index contributed by atoms with van der Waals surface area (Å²) in [6.07, 6.45) is 0.0790. The maximum absolute atomic E-state index is 13.7. The molecule has 1 aromatic rings. The van der Waals surface area contributed by atoms with Crippen LogP contribution in [-0.4, -0.2) is 36.2 Å². The van der Waals surface area contributed by atoms with Crippen molar-refractivity contribution in [2.75, 3.05) is 13.6 Å². The molecule has 2 rings (SSSR count). The van der Waals surface area contributed by atoms with Gasteiger partial charge in [-0.1, -0.05) is 19.0 Å². The van der Waals surface area contributed by atoms with Crippen LogP contribution in [-0.2, 0) is 9.63 Å². The molecule has 1 heterocycles. The number of carbonyl (C=O) groups excluding carboxylic acids is 1. The van der Waals surface area contributed by atoms with E-state index in [4.69, 9.17) is 4.84 Å². The zero-order chi connectivity index (χ0) is 15.6. The molecule has 4 nitrogen and oxygen atoms in total. The Labute approximate surface area is 122 Å². The van der Waals surface area contributed by atoms with Crippen LogP contribution >= 0.6 is 0 Å². The first kappa shape index (κ1) is 15.4. The van der Waals surface area contributed by atoms with Crippen LogP contribution in [0.5, 0.6) is 0 Å². The Bertz CT molecular complexity index is 573. The molecule has 0 saturated carbocycles. The molecular weight excluding hydrogens is 278 g/mol. The molecule has 0 N–H and O–H groups in total. The van der Waals surface area contributed by atoms with E-state index in [1.807, 2.05) is 13.8 Å². The first-order valence-corrected chi connectivity index (χ1v) is 6.81. The molecule has 0 fully saturated rings. The maximum Gasteiger partial charge on any atom is 0.224 e. The van der Waals surface area contributed by atoms with Gasteiger partial charge in [0, 0.05) is 31.0 Å². The number of oxime groups is 1. The molecular formula is C15H18F2N2O2. The number of carbonyl (C=O) groups is 1. The summed E-state index contributed by atoms with van der Waals surface area (Å²) in [6.45, 7) is 4.03. The highest BCUT2D eigenvalue weighted by Gasteiger charge is 2.27. The Kier molecular flexibility index (Phi) is 4.55. The van der Waals surface area contributed by atoms with E-state index in [1.54, 1.807) is 11.9 Å². The molecule has 114 valence electrons. The van der Waals surface area contributed by atoms with Crippen LogP contribution in [0.2, 0.25) is 0 Å². The number of hydrogen-bond acceptors (Lipinski definition) is 3. The van der Waals surface area contributed by atoms with Crippen molar-refractivity contribution >= 4 is 11.6 Å². The van der Waals surface area contributed by atoms with Gasteiger partial charge in [0.1, 0.15) is 11.6 Å². The predicted octanol–water partition coefficient (Wildman–Crippen LogP) is 2.57. The Morgan fingerprint density at radius 1 is 1.48 bits per heavy atom. The fourth-order valence-corrected chi connectivity index (χ4v) is 2.25. The third-order valence-electron chi connectivity index (χ3n) is 3.32. The molecule has 1 amide bonds. The second-order valence-corrected chi connectivity index (χ2v) is 5.47. The van der Waals surface area contributed by atoms with E-state index in [9.17, 15) is 13.6 Å². The molecule has 6 heteroatoms. The van der Waals surface area contributed by atoms with Gasteiger partial charge >= 0.3 is 0 Å². The third-order valence-corrected chi connectivity index (χ3v) is 3.32. The van der Waals surface area contributed by atoms with Gasteiger partial charge < -0.3 is 9.74 Å². The van der Waals surface area contributed by atoms with Crippen molar-refractivity contribution in [1.29, 1.82) is 0 Å². The molecule has 0 bridgehead atoms. The molecule has 0 aliphatic carbocycles. The van der Waals surface area contributed by atoms with E-state index >= 15 is 0 Å². The van der Waals surface area contributed by atoms with E-state index in [-0.39, 0.29) is 23.5 Å². The lowest BCUT2D eigenvalue weighted by atomic mass is 10.0. The van der Waals surface area contributed by atoms with Gasteiger partial charge in [-0.15, -0.1) is 0 Å². The summed E-state index contributed by atoms with van der Waals surface area (Å²) in [4.78, 5) is 18.6. The summed E-state index contributed by atoms with van der Waals surface area (Å²) in [5, 5.41) is 3.85. The van der Waals surface area contributed by atoms with Crippen molar-refractivity contribution in [3.63, 3.8) is 0 Å². The molecule has 0 saturated heterocycles. The number of amides is 1. The number of likely N-dealkylation sites (N-methyl/N-ethyl adjacent to an activating group) is 1. The fraction of sp³-hybridized carbons (Fsp3) is 0.467. The van der Waals surface area contributed by atoms with E-state index in [0.717, 1.165) is 6.07 Å². The molecule has 1 aliphatic rings. The first-order chi connectivity index (χ1) is 9.88. The minimum Gasteiger partial charge on any atom is -0.390 e. The molecule has 0 radical (unpaired) electrons. The van der Waals surface area contributed by atoms with Gasteiger partial charge in [0.2, 0.25) is 5.91 Å². The summed E-state index contributed by atoms with van der Waals surface area (Å²) in [5.74, 6) is -1.37. The van der Waals surface area contributed by atoms with Gasteiger partial charge in [-0.05, 0) is 12.1 Å². The number of benzene rings is 1. The first-order valence-electron chi connectivity index (χ1n) is 6.81. The molecule has 1 unspecified atom stereocenters. The highest BCUT2D eigenvalue weighted by Crippen LogP contribution is 2.20. The molecule has 21 heavy (non-hydrogen) atoms. The van der Waals surface area contributed by atoms with E-state index in [1.165, 1.54) is 12.1 Å². The highest BCUT2D eigenvalue weighted by atomic mass is 19.1. The second kappa shape index (κ2) is 6.20. The van der Waals surface area contributed by atoms with Crippen LogP contribution < -0.4 is 0 Å². The van der Waals surface area contributed by atoms with Crippen molar-refractivity contribution in [3.05, 3.63) is 35.4 Å². The lowest BCUT2D eigenvalue weighted by molar-refractivity contribution is -0.134. The second-order valence-electron chi connectivity index (χ2n) is 5.47.